The molecule has 2 nitrogen and oxygen atoms in total. The Morgan fingerprint density at radius 2 is 2.00 bits per heavy atom. The van der Waals surface area contributed by atoms with Gasteiger partial charge in [0.25, 0.3) is 0 Å². The van der Waals surface area contributed by atoms with Gasteiger partial charge in [-0.3, -0.25) is 0 Å². The summed E-state index contributed by atoms with van der Waals surface area (Å²) >= 11 is 0. The SMILES string of the molecule is CC1CCC(C2CCNCC2C)O1. The third-order valence-electron chi connectivity index (χ3n) is 3.59. The maximum absolute atomic E-state index is 5.94. The molecule has 0 aromatic carbocycles. The van der Waals surface area contributed by atoms with E-state index in [0.717, 1.165) is 11.8 Å². The van der Waals surface area contributed by atoms with Gasteiger partial charge < -0.3 is 10.1 Å². The van der Waals surface area contributed by atoms with Crippen molar-refractivity contribution >= 4 is 0 Å². The lowest BCUT2D eigenvalue weighted by Crippen LogP contribution is -2.40. The third-order valence-corrected chi connectivity index (χ3v) is 3.59. The Morgan fingerprint density at radius 1 is 1.15 bits per heavy atom. The normalized spacial score (nSPS) is 46.6. The van der Waals surface area contributed by atoms with Gasteiger partial charge >= 0.3 is 0 Å². The molecule has 2 heteroatoms. The van der Waals surface area contributed by atoms with E-state index in [4.69, 9.17) is 4.74 Å². The molecule has 1 N–H and O–H groups in total. The van der Waals surface area contributed by atoms with Crippen LogP contribution >= 0.6 is 0 Å². The molecule has 0 radical (unpaired) electrons. The van der Waals surface area contributed by atoms with Crippen molar-refractivity contribution < 1.29 is 4.74 Å². The molecular formula is C11H21NO. The van der Waals surface area contributed by atoms with Gasteiger partial charge in [0.15, 0.2) is 0 Å². The minimum absolute atomic E-state index is 0.507. The molecular weight excluding hydrogens is 162 g/mol. The van der Waals surface area contributed by atoms with Crippen molar-refractivity contribution in [3.63, 3.8) is 0 Å². The summed E-state index contributed by atoms with van der Waals surface area (Å²) in [6, 6.07) is 0. The van der Waals surface area contributed by atoms with Gasteiger partial charge in [0.1, 0.15) is 0 Å². The van der Waals surface area contributed by atoms with E-state index in [1.165, 1.54) is 32.4 Å². The molecule has 4 unspecified atom stereocenters. The number of nitrogens with one attached hydrogen (secondary N) is 1. The first-order chi connectivity index (χ1) is 6.27. The lowest BCUT2D eigenvalue weighted by molar-refractivity contribution is -0.00541. The lowest BCUT2D eigenvalue weighted by Gasteiger charge is -2.33. The van der Waals surface area contributed by atoms with E-state index < -0.39 is 0 Å². The molecule has 4 atom stereocenters. The highest BCUT2D eigenvalue weighted by Gasteiger charge is 2.33. The first-order valence-corrected chi connectivity index (χ1v) is 5.63. The fourth-order valence-corrected chi connectivity index (χ4v) is 2.74. The Balaban J connectivity index is 1.91. The molecule has 2 saturated heterocycles. The minimum atomic E-state index is 0.507. The van der Waals surface area contributed by atoms with E-state index in [1.54, 1.807) is 0 Å². The highest BCUT2D eigenvalue weighted by Crippen LogP contribution is 2.32. The van der Waals surface area contributed by atoms with Crippen LogP contribution in [0, 0.1) is 11.8 Å². The zero-order valence-electron chi connectivity index (χ0n) is 8.75. The summed E-state index contributed by atoms with van der Waals surface area (Å²) in [4.78, 5) is 0. The Kier molecular flexibility index (Phi) is 2.89. The Hall–Kier alpha value is -0.0800. The van der Waals surface area contributed by atoms with Crippen LogP contribution in [0.5, 0.6) is 0 Å². The van der Waals surface area contributed by atoms with E-state index >= 15 is 0 Å². The average molecular weight is 183 g/mol. The molecule has 0 spiro atoms. The van der Waals surface area contributed by atoms with Crippen LogP contribution in [-0.2, 0) is 4.74 Å². The predicted molar refractivity (Wildman–Crippen MR) is 53.7 cm³/mol. The first-order valence-electron chi connectivity index (χ1n) is 5.63. The van der Waals surface area contributed by atoms with E-state index in [9.17, 15) is 0 Å². The Labute approximate surface area is 81.0 Å². The van der Waals surface area contributed by atoms with Crippen molar-refractivity contribution in [1.29, 1.82) is 0 Å². The number of hydrogen-bond acceptors (Lipinski definition) is 2. The van der Waals surface area contributed by atoms with Gasteiger partial charge in [-0.05, 0) is 51.1 Å². The van der Waals surface area contributed by atoms with Crippen LogP contribution in [0.3, 0.4) is 0 Å². The first kappa shape index (κ1) is 9.47. The summed E-state index contributed by atoms with van der Waals surface area (Å²) in [6.45, 7) is 6.91. The Morgan fingerprint density at radius 3 is 2.62 bits per heavy atom. The zero-order chi connectivity index (χ0) is 9.26. The molecule has 0 amide bonds. The predicted octanol–water partition coefficient (Wildman–Crippen LogP) is 1.80. The van der Waals surface area contributed by atoms with E-state index in [2.05, 4.69) is 19.2 Å². The van der Waals surface area contributed by atoms with Crippen molar-refractivity contribution in [2.45, 2.75) is 45.3 Å². The van der Waals surface area contributed by atoms with Crippen LogP contribution in [0.2, 0.25) is 0 Å². The van der Waals surface area contributed by atoms with Crippen molar-refractivity contribution in [2.75, 3.05) is 13.1 Å². The van der Waals surface area contributed by atoms with Gasteiger partial charge in [-0.15, -0.1) is 0 Å². The minimum Gasteiger partial charge on any atom is -0.375 e. The lowest BCUT2D eigenvalue weighted by atomic mass is 9.82. The number of ether oxygens (including phenoxy) is 1. The molecule has 13 heavy (non-hydrogen) atoms. The molecule has 0 aromatic heterocycles. The Bertz CT molecular complexity index is 171. The molecule has 2 rings (SSSR count). The molecule has 0 saturated carbocycles. The van der Waals surface area contributed by atoms with Gasteiger partial charge in [0.2, 0.25) is 0 Å². The fourth-order valence-electron chi connectivity index (χ4n) is 2.74. The highest BCUT2D eigenvalue weighted by atomic mass is 16.5. The van der Waals surface area contributed by atoms with Gasteiger partial charge in [0, 0.05) is 0 Å². The summed E-state index contributed by atoms with van der Waals surface area (Å²) < 4.78 is 5.94. The van der Waals surface area contributed by atoms with E-state index in [0.29, 0.717) is 12.2 Å². The summed E-state index contributed by atoms with van der Waals surface area (Å²) in [5.74, 6) is 1.61. The third kappa shape index (κ3) is 2.05. The second-order valence-corrected chi connectivity index (χ2v) is 4.70. The zero-order valence-corrected chi connectivity index (χ0v) is 8.75. The maximum Gasteiger partial charge on any atom is 0.0611 e. The molecule has 2 fully saturated rings. The van der Waals surface area contributed by atoms with Gasteiger partial charge in [-0.2, -0.15) is 0 Å². The van der Waals surface area contributed by atoms with Crippen LogP contribution in [0.25, 0.3) is 0 Å². The van der Waals surface area contributed by atoms with E-state index in [-0.39, 0.29) is 0 Å². The second kappa shape index (κ2) is 3.97. The van der Waals surface area contributed by atoms with Crippen molar-refractivity contribution in [2.24, 2.45) is 11.8 Å². The molecule has 0 bridgehead atoms. The summed E-state index contributed by atoms with van der Waals surface area (Å²) in [7, 11) is 0. The van der Waals surface area contributed by atoms with Gasteiger partial charge in [-0.1, -0.05) is 6.92 Å². The quantitative estimate of drug-likeness (QED) is 0.669. The maximum atomic E-state index is 5.94. The van der Waals surface area contributed by atoms with Gasteiger partial charge in [0.05, 0.1) is 12.2 Å². The standard InChI is InChI=1S/C11H21NO/c1-8-7-12-6-5-10(8)11-4-3-9(2)13-11/h8-12H,3-7H2,1-2H3. The molecule has 2 heterocycles. The molecule has 76 valence electrons. The topological polar surface area (TPSA) is 21.3 Å². The van der Waals surface area contributed by atoms with Crippen LogP contribution in [-0.4, -0.2) is 25.3 Å². The largest absolute Gasteiger partial charge is 0.375 e. The summed E-state index contributed by atoms with van der Waals surface area (Å²) in [5.41, 5.74) is 0. The number of hydrogen-bond donors (Lipinski definition) is 1. The smallest absolute Gasteiger partial charge is 0.0611 e. The van der Waals surface area contributed by atoms with Crippen LogP contribution in [0.4, 0.5) is 0 Å². The molecule has 0 aliphatic carbocycles. The number of piperidine rings is 1. The van der Waals surface area contributed by atoms with Crippen LogP contribution in [0.15, 0.2) is 0 Å². The summed E-state index contributed by atoms with van der Waals surface area (Å²) in [6.07, 6.45) is 4.93. The molecule has 0 aromatic rings. The number of rotatable bonds is 1. The summed E-state index contributed by atoms with van der Waals surface area (Å²) in [5, 5.41) is 3.44. The fraction of sp³-hybridized carbons (Fsp3) is 1.00. The van der Waals surface area contributed by atoms with Crippen molar-refractivity contribution in [1.82, 2.24) is 5.32 Å². The van der Waals surface area contributed by atoms with E-state index in [1.807, 2.05) is 0 Å². The highest BCUT2D eigenvalue weighted by molar-refractivity contribution is 4.84. The van der Waals surface area contributed by atoms with Crippen molar-refractivity contribution in [3.8, 4) is 0 Å². The second-order valence-electron chi connectivity index (χ2n) is 4.70. The van der Waals surface area contributed by atoms with Crippen LogP contribution in [0.1, 0.15) is 33.1 Å². The van der Waals surface area contributed by atoms with Crippen LogP contribution < -0.4 is 5.32 Å². The monoisotopic (exact) mass is 183 g/mol. The molecule has 2 aliphatic rings. The average Bonchev–Trinajstić information content (AvgIpc) is 2.53. The van der Waals surface area contributed by atoms with Gasteiger partial charge in [-0.25, -0.2) is 0 Å². The van der Waals surface area contributed by atoms with Crippen molar-refractivity contribution in [3.05, 3.63) is 0 Å². The molecule has 2 aliphatic heterocycles.